The Labute approximate surface area is 185 Å². The zero-order chi connectivity index (χ0) is 21.3. The molecule has 0 bridgehead atoms. The maximum absolute atomic E-state index is 13.0. The molecular formula is C23H33N5O2S. The van der Waals surface area contributed by atoms with E-state index in [2.05, 4.69) is 14.8 Å². The summed E-state index contributed by atoms with van der Waals surface area (Å²) < 4.78 is 27.5. The van der Waals surface area contributed by atoms with Crippen molar-refractivity contribution in [2.45, 2.75) is 62.3 Å². The number of benzene rings is 1. The van der Waals surface area contributed by atoms with Gasteiger partial charge in [-0.25, -0.2) is 13.4 Å². The fourth-order valence-electron chi connectivity index (χ4n) is 5.31. The molecule has 1 aromatic heterocycles. The standard InChI is InChI=1S/C23H33N5O2S/c29-31(30,28-11-5-2-6-12-28)20-9-10-21-22(17-20)24-18-23(25-21)27-15-13-26(14-16-27)19-7-3-1-4-8-19/h9-10,17-19H,1-8,11-16H2. The van der Waals surface area contributed by atoms with E-state index in [0.717, 1.165) is 62.8 Å². The lowest BCUT2D eigenvalue weighted by Crippen LogP contribution is -2.51. The average Bonchev–Trinajstić information content (AvgIpc) is 2.84. The van der Waals surface area contributed by atoms with Crippen LogP contribution in [0, 0.1) is 0 Å². The zero-order valence-corrected chi connectivity index (χ0v) is 19.1. The fourth-order valence-corrected chi connectivity index (χ4v) is 6.85. The number of piperidine rings is 1. The molecule has 8 heteroatoms. The molecule has 168 valence electrons. The van der Waals surface area contributed by atoms with Crippen molar-refractivity contribution in [2.75, 3.05) is 44.2 Å². The Morgan fingerprint density at radius 2 is 1.52 bits per heavy atom. The number of fused-ring (bicyclic) bond motifs is 1. The zero-order valence-electron chi connectivity index (χ0n) is 18.2. The Hall–Kier alpha value is -1.77. The van der Waals surface area contributed by atoms with Crippen molar-refractivity contribution in [1.82, 2.24) is 19.2 Å². The van der Waals surface area contributed by atoms with Crippen molar-refractivity contribution in [3.05, 3.63) is 24.4 Å². The third kappa shape index (κ3) is 4.43. The Morgan fingerprint density at radius 3 is 2.26 bits per heavy atom. The first-order valence-corrected chi connectivity index (χ1v) is 13.3. The lowest BCUT2D eigenvalue weighted by atomic mass is 9.94. The largest absolute Gasteiger partial charge is 0.353 e. The number of sulfonamides is 1. The minimum Gasteiger partial charge on any atom is -0.353 e. The Bertz CT molecular complexity index is 1010. The van der Waals surface area contributed by atoms with Crippen LogP contribution in [0.5, 0.6) is 0 Å². The van der Waals surface area contributed by atoms with E-state index in [9.17, 15) is 8.42 Å². The maximum Gasteiger partial charge on any atom is 0.243 e. The van der Waals surface area contributed by atoms with Crippen LogP contribution in [0.25, 0.3) is 11.0 Å². The summed E-state index contributed by atoms with van der Waals surface area (Å²) in [4.78, 5) is 14.7. The van der Waals surface area contributed by atoms with Crippen LogP contribution < -0.4 is 4.90 Å². The molecule has 0 radical (unpaired) electrons. The van der Waals surface area contributed by atoms with Crippen LogP contribution in [0.4, 0.5) is 5.82 Å². The second-order valence-corrected chi connectivity index (χ2v) is 11.1. The first-order chi connectivity index (χ1) is 15.1. The molecule has 2 saturated heterocycles. The molecule has 3 aliphatic rings. The summed E-state index contributed by atoms with van der Waals surface area (Å²) in [6.07, 6.45) is 11.6. The number of nitrogens with zero attached hydrogens (tertiary/aromatic N) is 5. The van der Waals surface area contributed by atoms with Gasteiger partial charge >= 0.3 is 0 Å². The van der Waals surface area contributed by atoms with Crippen LogP contribution in [-0.4, -0.2) is 72.9 Å². The minimum absolute atomic E-state index is 0.324. The van der Waals surface area contributed by atoms with Crippen LogP contribution in [0.15, 0.2) is 29.3 Å². The lowest BCUT2D eigenvalue weighted by molar-refractivity contribution is 0.147. The predicted octanol–water partition coefficient (Wildman–Crippen LogP) is 3.26. The van der Waals surface area contributed by atoms with Crippen LogP contribution in [0.2, 0.25) is 0 Å². The Balaban J connectivity index is 1.29. The third-order valence-electron chi connectivity index (χ3n) is 7.18. The molecule has 2 aromatic rings. The van der Waals surface area contributed by atoms with Gasteiger partial charge in [0, 0.05) is 45.3 Å². The van der Waals surface area contributed by atoms with Gasteiger partial charge in [-0.2, -0.15) is 4.31 Å². The van der Waals surface area contributed by atoms with E-state index in [1.165, 1.54) is 32.1 Å². The first kappa shape index (κ1) is 21.1. The number of hydrogen-bond acceptors (Lipinski definition) is 6. The normalized spacial score (nSPS) is 22.8. The van der Waals surface area contributed by atoms with Gasteiger partial charge in [-0.05, 0) is 43.9 Å². The highest BCUT2D eigenvalue weighted by Gasteiger charge is 2.27. The number of rotatable bonds is 4. The molecule has 0 spiro atoms. The van der Waals surface area contributed by atoms with Crippen LogP contribution in [0.3, 0.4) is 0 Å². The molecule has 1 aliphatic carbocycles. The lowest BCUT2D eigenvalue weighted by Gasteiger charge is -2.41. The van der Waals surface area contributed by atoms with E-state index < -0.39 is 10.0 Å². The summed E-state index contributed by atoms with van der Waals surface area (Å²) in [5, 5.41) is 0. The van der Waals surface area contributed by atoms with E-state index in [0.29, 0.717) is 23.5 Å². The fraction of sp³-hybridized carbons (Fsp3) is 0.652. The summed E-state index contributed by atoms with van der Waals surface area (Å²) in [7, 11) is -3.45. The van der Waals surface area contributed by atoms with E-state index in [1.807, 2.05) is 0 Å². The van der Waals surface area contributed by atoms with Gasteiger partial charge in [-0.1, -0.05) is 25.7 Å². The SMILES string of the molecule is O=S(=O)(c1ccc2nc(N3CCN(C4CCCCC4)CC3)cnc2c1)N1CCCCC1. The number of hydrogen-bond donors (Lipinski definition) is 0. The number of anilines is 1. The molecular weight excluding hydrogens is 410 g/mol. The Kier molecular flexibility index (Phi) is 6.12. The van der Waals surface area contributed by atoms with Crippen molar-refractivity contribution in [3.63, 3.8) is 0 Å². The highest BCUT2D eigenvalue weighted by molar-refractivity contribution is 7.89. The van der Waals surface area contributed by atoms with Crippen LogP contribution >= 0.6 is 0 Å². The smallest absolute Gasteiger partial charge is 0.243 e. The van der Waals surface area contributed by atoms with E-state index >= 15 is 0 Å². The van der Waals surface area contributed by atoms with Gasteiger partial charge in [0.15, 0.2) is 0 Å². The molecule has 3 heterocycles. The second kappa shape index (κ2) is 9.00. The summed E-state index contributed by atoms with van der Waals surface area (Å²) >= 11 is 0. The molecule has 5 rings (SSSR count). The third-order valence-corrected chi connectivity index (χ3v) is 9.08. The topological polar surface area (TPSA) is 69.6 Å². The van der Waals surface area contributed by atoms with Gasteiger partial charge in [0.05, 0.1) is 22.1 Å². The monoisotopic (exact) mass is 443 g/mol. The van der Waals surface area contributed by atoms with Crippen LogP contribution in [0.1, 0.15) is 51.4 Å². The number of piperazine rings is 1. The average molecular weight is 444 g/mol. The quantitative estimate of drug-likeness (QED) is 0.722. The highest BCUT2D eigenvalue weighted by atomic mass is 32.2. The van der Waals surface area contributed by atoms with Gasteiger partial charge in [0.25, 0.3) is 0 Å². The van der Waals surface area contributed by atoms with Gasteiger partial charge in [-0.3, -0.25) is 9.88 Å². The molecule has 0 atom stereocenters. The van der Waals surface area contributed by atoms with E-state index in [-0.39, 0.29) is 0 Å². The predicted molar refractivity (Wildman–Crippen MR) is 123 cm³/mol. The molecule has 0 amide bonds. The molecule has 1 saturated carbocycles. The molecule has 1 aromatic carbocycles. The maximum atomic E-state index is 13.0. The van der Waals surface area contributed by atoms with Crippen molar-refractivity contribution in [3.8, 4) is 0 Å². The highest BCUT2D eigenvalue weighted by Crippen LogP contribution is 2.26. The van der Waals surface area contributed by atoms with Crippen molar-refractivity contribution in [1.29, 1.82) is 0 Å². The van der Waals surface area contributed by atoms with Crippen molar-refractivity contribution >= 4 is 26.9 Å². The summed E-state index contributed by atoms with van der Waals surface area (Å²) in [5.41, 5.74) is 1.40. The van der Waals surface area contributed by atoms with Crippen molar-refractivity contribution in [2.24, 2.45) is 0 Å². The molecule has 2 aliphatic heterocycles. The summed E-state index contributed by atoms with van der Waals surface area (Å²) in [6.45, 7) is 5.32. The summed E-state index contributed by atoms with van der Waals surface area (Å²) in [6, 6.07) is 5.93. The van der Waals surface area contributed by atoms with Gasteiger partial charge in [0.1, 0.15) is 5.82 Å². The first-order valence-electron chi connectivity index (χ1n) is 11.9. The number of aromatic nitrogens is 2. The molecule has 3 fully saturated rings. The van der Waals surface area contributed by atoms with Gasteiger partial charge in [0.2, 0.25) is 10.0 Å². The molecule has 31 heavy (non-hydrogen) atoms. The molecule has 7 nitrogen and oxygen atoms in total. The molecule has 0 N–H and O–H groups in total. The van der Waals surface area contributed by atoms with Gasteiger partial charge < -0.3 is 4.90 Å². The van der Waals surface area contributed by atoms with Crippen LogP contribution in [-0.2, 0) is 10.0 Å². The molecule has 0 unspecified atom stereocenters. The minimum atomic E-state index is -3.45. The van der Waals surface area contributed by atoms with E-state index in [4.69, 9.17) is 4.98 Å². The Morgan fingerprint density at radius 1 is 0.806 bits per heavy atom. The van der Waals surface area contributed by atoms with Gasteiger partial charge in [-0.15, -0.1) is 0 Å². The van der Waals surface area contributed by atoms with Crippen molar-refractivity contribution < 1.29 is 8.42 Å². The second-order valence-electron chi connectivity index (χ2n) is 9.16. The van der Waals surface area contributed by atoms with E-state index in [1.54, 1.807) is 28.7 Å². The summed E-state index contributed by atoms with van der Waals surface area (Å²) in [5.74, 6) is 0.891.